The smallest absolute Gasteiger partial charge is 0.317 e. The van der Waals surface area contributed by atoms with Gasteiger partial charge in [-0.1, -0.05) is 0 Å². The number of fused-ring (bicyclic) bond motifs is 1. The van der Waals surface area contributed by atoms with Crippen molar-refractivity contribution in [2.45, 2.75) is 25.3 Å². The molecule has 1 atom stereocenters. The zero-order valence-corrected chi connectivity index (χ0v) is 13.9. The molecule has 2 amide bonds. The van der Waals surface area contributed by atoms with E-state index in [1.54, 1.807) is 11.2 Å². The van der Waals surface area contributed by atoms with Crippen molar-refractivity contribution in [1.82, 2.24) is 19.2 Å². The largest absolute Gasteiger partial charge is 0.469 e. The van der Waals surface area contributed by atoms with Crippen LogP contribution in [0.25, 0.3) is 0 Å². The van der Waals surface area contributed by atoms with Gasteiger partial charge in [-0.15, -0.1) is 0 Å². The number of hydrogen-bond acceptors (Lipinski definition) is 4. The van der Waals surface area contributed by atoms with Crippen LogP contribution in [-0.4, -0.2) is 56.9 Å². The first-order valence-electron chi connectivity index (χ1n) is 7.81. The van der Waals surface area contributed by atoms with Gasteiger partial charge in [-0.2, -0.15) is 12.7 Å². The van der Waals surface area contributed by atoms with Gasteiger partial charge in [-0.05, 0) is 18.9 Å². The number of nitrogens with zero attached hydrogens (tertiary/aromatic N) is 2. The van der Waals surface area contributed by atoms with Gasteiger partial charge in [0.1, 0.15) is 5.76 Å². The van der Waals surface area contributed by atoms with Crippen LogP contribution >= 0.6 is 0 Å². The molecule has 2 N–H and O–H groups in total. The summed E-state index contributed by atoms with van der Waals surface area (Å²) >= 11 is 0. The highest BCUT2D eigenvalue weighted by Gasteiger charge is 2.30. The molecule has 1 saturated heterocycles. The molecule has 8 nitrogen and oxygen atoms in total. The lowest BCUT2D eigenvalue weighted by Crippen LogP contribution is -2.55. The second-order valence-corrected chi connectivity index (χ2v) is 7.66. The van der Waals surface area contributed by atoms with E-state index in [1.165, 1.54) is 11.4 Å². The standard InChI is InChI=1S/C14H22N4O4S/c1-15-23(20,21)18-8-6-17(7-9-18)14(19)16-12-3-2-4-13-11(12)5-10-22-13/h5,10,12,15H,2-4,6-9H2,1H3,(H,16,19)/t12-/m0/s1. The van der Waals surface area contributed by atoms with E-state index in [0.29, 0.717) is 26.2 Å². The van der Waals surface area contributed by atoms with Crippen molar-refractivity contribution in [3.8, 4) is 0 Å². The normalized spacial score (nSPS) is 22.7. The van der Waals surface area contributed by atoms with E-state index in [-0.39, 0.29) is 12.1 Å². The Morgan fingerprint density at radius 2 is 2.04 bits per heavy atom. The Balaban J connectivity index is 1.57. The number of nitrogens with one attached hydrogen (secondary N) is 2. The molecule has 0 spiro atoms. The van der Waals surface area contributed by atoms with E-state index in [1.807, 2.05) is 6.07 Å². The molecule has 0 saturated carbocycles. The van der Waals surface area contributed by atoms with Crippen LogP contribution in [0.2, 0.25) is 0 Å². The molecule has 0 unspecified atom stereocenters. The van der Waals surface area contributed by atoms with Crippen molar-refractivity contribution in [1.29, 1.82) is 0 Å². The minimum absolute atomic E-state index is 0.0240. The maximum atomic E-state index is 12.4. The molecule has 9 heteroatoms. The van der Waals surface area contributed by atoms with Crippen molar-refractivity contribution >= 4 is 16.2 Å². The summed E-state index contributed by atoms with van der Waals surface area (Å²) in [7, 11) is -2.03. The summed E-state index contributed by atoms with van der Waals surface area (Å²) in [6, 6.07) is 1.74. The lowest BCUT2D eigenvalue weighted by atomic mass is 9.93. The summed E-state index contributed by atoms with van der Waals surface area (Å²) in [5.74, 6) is 0.950. The zero-order chi connectivity index (χ0) is 16.4. The Morgan fingerprint density at radius 1 is 1.30 bits per heavy atom. The number of amides is 2. The first-order chi connectivity index (χ1) is 11.0. The van der Waals surface area contributed by atoms with Gasteiger partial charge in [0.05, 0.1) is 12.3 Å². The van der Waals surface area contributed by atoms with Gasteiger partial charge >= 0.3 is 6.03 Å². The number of carbonyl (C=O) groups excluding carboxylic acids is 1. The monoisotopic (exact) mass is 342 g/mol. The molecule has 0 radical (unpaired) electrons. The predicted octanol–water partition coefficient (Wildman–Crippen LogP) is 0.448. The van der Waals surface area contributed by atoms with E-state index in [9.17, 15) is 13.2 Å². The second kappa shape index (κ2) is 6.50. The summed E-state index contributed by atoms with van der Waals surface area (Å²) in [5, 5.41) is 3.04. The van der Waals surface area contributed by atoms with Gasteiger partial charge in [0.15, 0.2) is 0 Å². The first kappa shape index (κ1) is 16.3. The highest BCUT2D eigenvalue weighted by molar-refractivity contribution is 7.87. The van der Waals surface area contributed by atoms with Crippen molar-refractivity contribution in [3.05, 3.63) is 23.7 Å². The van der Waals surface area contributed by atoms with E-state index in [4.69, 9.17) is 4.42 Å². The van der Waals surface area contributed by atoms with Gasteiger partial charge in [0.25, 0.3) is 10.2 Å². The summed E-state index contributed by atoms with van der Waals surface area (Å²) in [6.45, 7) is 1.38. The van der Waals surface area contributed by atoms with Crippen LogP contribution < -0.4 is 10.0 Å². The fourth-order valence-electron chi connectivity index (χ4n) is 3.14. The third-order valence-corrected chi connectivity index (χ3v) is 6.03. The Kier molecular flexibility index (Phi) is 4.60. The maximum Gasteiger partial charge on any atom is 0.317 e. The third kappa shape index (κ3) is 3.36. The second-order valence-electron chi connectivity index (χ2n) is 5.79. The predicted molar refractivity (Wildman–Crippen MR) is 84.0 cm³/mol. The minimum Gasteiger partial charge on any atom is -0.469 e. The van der Waals surface area contributed by atoms with Gasteiger partial charge in [-0.3, -0.25) is 0 Å². The summed E-state index contributed by atoms with van der Waals surface area (Å²) in [5.41, 5.74) is 1.06. The number of piperazine rings is 1. The van der Waals surface area contributed by atoms with Crippen LogP contribution in [0.15, 0.2) is 16.7 Å². The third-order valence-electron chi connectivity index (χ3n) is 4.47. The van der Waals surface area contributed by atoms with E-state index >= 15 is 0 Å². The van der Waals surface area contributed by atoms with Crippen LogP contribution in [0, 0.1) is 0 Å². The Hall–Kier alpha value is -1.58. The Bertz CT molecular complexity index is 664. The Labute approximate surface area is 136 Å². The molecule has 0 bridgehead atoms. The molecule has 128 valence electrons. The molecule has 1 aromatic rings. The fraction of sp³-hybridized carbons (Fsp3) is 0.643. The quantitative estimate of drug-likeness (QED) is 0.834. The van der Waals surface area contributed by atoms with E-state index in [2.05, 4.69) is 10.0 Å². The van der Waals surface area contributed by atoms with Crippen molar-refractivity contribution in [3.63, 3.8) is 0 Å². The molecular weight excluding hydrogens is 320 g/mol. The molecule has 1 aliphatic heterocycles. The van der Waals surface area contributed by atoms with Crippen LogP contribution in [0.3, 0.4) is 0 Å². The number of aryl methyl sites for hydroxylation is 1. The summed E-state index contributed by atoms with van der Waals surface area (Å²) in [6.07, 6.45) is 4.46. The molecular formula is C14H22N4O4S. The first-order valence-corrected chi connectivity index (χ1v) is 9.25. The molecule has 23 heavy (non-hydrogen) atoms. The fourth-order valence-corrected chi connectivity index (χ4v) is 4.04. The molecule has 1 aromatic heterocycles. The Morgan fingerprint density at radius 3 is 2.74 bits per heavy atom. The minimum atomic E-state index is -3.42. The highest BCUT2D eigenvalue weighted by Crippen LogP contribution is 2.30. The number of rotatable bonds is 3. The number of carbonyl (C=O) groups is 1. The highest BCUT2D eigenvalue weighted by atomic mass is 32.2. The van der Waals surface area contributed by atoms with Crippen LogP contribution in [0.4, 0.5) is 4.79 Å². The topological polar surface area (TPSA) is 94.9 Å². The number of hydrogen-bond donors (Lipinski definition) is 2. The zero-order valence-electron chi connectivity index (χ0n) is 13.1. The van der Waals surface area contributed by atoms with Gasteiger partial charge in [0, 0.05) is 45.2 Å². The SMILES string of the molecule is CNS(=O)(=O)N1CCN(C(=O)N[C@H]2CCCc3occc32)CC1. The molecule has 0 aromatic carbocycles. The maximum absolute atomic E-state index is 12.4. The average molecular weight is 342 g/mol. The van der Waals surface area contributed by atoms with E-state index < -0.39 is 10.2 Å². The van der Waals surface area contributed by atoms with E-state index in [0.717, 1.165) is 30.6 Å². The van der Waals surface area contributed by atoms with Crippen molar-refractivity contribution in [2.75, 3.05) is 33.2 Å². The average Bonchev–Trinajstić information content (AvgIpc) is 3.04. The lowest BCUT2D eigenvalue weighted by molar-refractivity contribution is 0.167. The van der Waals surface area contributed by atoms with Crippen LogP contribution in [0.1, 0.15) is 30.2 Å². The van der Waals surface area contributed by atoms with Gasteiger partial charge in [0.2, 0.25) is 0 Å². The number of urea groups is 1. The molecule has 3 rings (SSSR count). The molecule has 1 aliphatic carbocycles. The van der Waals surface area contributed by atoms with Crippen molar-refractivity contribution in [2.24, 2.45) is 0 Å². The number of furan rings is 1. The van der Waals surface area contributed by atoms with Gasteiger partial charge < -0.3 is 14.6 Å². The molecule has 1 fully saturated rings. The summed E-state index contributed by atoms with van der Waals surface area (Å²) in [4.78, 5) is 14.1. The van der Waals surface area contributed by atoms with Crippen LogP contribution in [-0.2, 0) is 16.6 Å². The molecule has 2 heterocycles. The van der Waals surface area contributed by atoms with Gasteiger partial charge in [-0.25, -0.2) is 9.52 Å². The summed E-state index contributed by atoms with van der Waals surface area (Å²) < 4.78 is 32.6. The molecule has 2 aliphatic rings. The lowest BCUT2D eigenvalue weighted by Gasteiger charge is -2.35. The van der Waals surface area contributed by atoms with Crippen LogP contribution in [0.5, 0.6) is 0 Å². The van der Waals surface area contributed by atoms with Crippen molar-refractivity contribution < 1.29 is 17.6 Å².